The van der Waals surface area contributed by atoms with Gasteiger partial charge in [0, 0.05) is 31.6 Å². The molecule has 3 aromatic rings. The highest BCUT2D eigenvalue weighted by Gasteiger charge is 2.54. The minimum absolute atomic E-state index is 0. The predicted octanol–water partition coefficient (Wildman–Crippen LogP) is 3.60. The molecule has 1 saturated heterocycles. The standard InChI is InChI=1S/C30H35N5O4.ClH/c1-3-39-26(36)18-22-6-4-5-15-35(22)29(38)30(13-14-30)21-11-12-25-23(17-21)33-24(28(37)34(25)2)16-19-7-9-20(10-8-19)27(31)32;/h7-12,17,22H,3-6,13-16,18H2,1-2H3,(H3,31,32);1H. The maximum absolute atomic E-state index is 13.9. The normalized spacial score (nSPS) is 17.6. The fourth-order valence-electron chi connectivity index (χ4n) is 5.72. The summed E-state index contributed by atoms with van der Waals surface area (Å²) in [6.07, 6.45) is 4.81. The first-order chi connectivity index (χ1) is 18.7. The van der Waals surface area contributed by atoms with Crippen LogP contribution < -0.4 is 11.3 Å². The van der Waals surface area contributed by atoms with Gasteiger partial charge in [-0.2, -0.15) is 0 Å². The number of carbonyl (C=O) groups excluding carboxylic acids is 2. The van der Waals surface area contributed by atoms with Crippen molar-refractivity contribution in [3.63, 3.8) is 0 Å². The summed E-state index contributed by atoms with van der Waals surface area (Å²) in [6, 6.07) is 12.9. The van der Waals surface area contributed by atoms with Gasteiger partial charge in [-0.25, -0.2) is 4.98 Å². The number of amidine groups is 1. The Balaban J connectivity index is 0.00000370. The first-order valence-electron chi connectivity index (χ1n) is 13.6. The number of aryl methyl sites for hydroxylation is 1. The van der Waals surface area contributed by atoms with Crippen molar-refractivity contribution < 1.29 is 14.3 Å². The Kier molecular flexibility index (Phi) is 8.63. The third-order valence-corrected chi connectivity index (χ3v) is 8.09. The van der Waals surface area contributed by atoms with Gasteiger partial charge < -0.3 is 19.9 Å². The van der Waals surface area contributed by atoms with Gasteiger partial charge in [0.25, 0.3) is 5.56 Å². The number of nitrogens with zero attached hydrogens (tertiary/aromatic N) is 3. The van der Waals surface area contributed by atoms with E-state index in [-0.39, 0.29) is 48.1 Å². The number of rotatable bonds is 8. The summed E-state index contributed by atoms with van der Waals surface area (Å²) >= 11 is 0. The number of amides is 1. The number of nitrogens with one attached hydrogen (secondary N) is 1. The van der Waals surface area contributed by atoms with Crippen molar-refractivity contribution in [1.82, 2.24) is 14.5 Å². The minimum atomic E-state index is -0.614. The molecule has 2 fully saturated rings. The van der Waals surface area contributed by atoms with Crippen LogP contribution in [0.3, 0.4) is 0 Å². The highest BCUT2D eigenvalue weighted by Crippen LogP contribution is 2.50. The van der Waals surface area contributed by atoms with Crippen LogP contribution in [0.5, 0.6) is 0 Å². The molecule has 3 N–H and O–H groups in total. The predicted molar refractivity (Wildman–Crippen MR) is 156 cm³/mol. The van der Waals surface area contributed by atoms with E-state index in [1.54, 1.807) is 30.7 Å². The number of nitrogens with two attached hydrogens (primary N) is 1. The zero-order chi connectivity index (χ0) is 27.7. The number of carbonyl (C=O) groups is 2. The van der Waals surface area contributed by atoms with E-state index in [1.807, 2.05) is 35.2 Å². The second-order valence-corrected chi connectivity index (χ2v) is 10.7. The van der Waals surface area contributed by atoms with E-state index in [1.165, 1.54) is 0 Å². The summed E-state index contributed by atoms with van der Waals surface area (Å²) in [5.41, 5.74) is 9.00. The fourth-order valence-corrected chi connectivity index (χ4v) is 5.72. The van der Waals surface area contributed by atoms with Gasteiger partial charge in [-0.3, -0.25) is 19.8 Å². The Morgan fingerprint density at radius 1 is 1.15 bits per heavy atom. The van der Waals surface area contributed by atoms with E-state index in [9.17, 15) is 14.4 Å². The number of ether oxygens (including phenoxy) is 1. The topological polar surface area (TPSA) is 131 Å². The van der Waals surface area contributed by atoms with Crippen LogP contribution in [0.2, 0.25) is 0 Å². The van der Waals surface area contributed by atoms with Crippen molar-refractivity contribution in [2.24, 2.45) is 12.8 Å². The molecule has 0 bridgehead atoms. The Hall–Kier alpha value is -3.72. The number of hydrogen-bond donors (Lipinski definition) is 2. The molecule has 2 heterocycles. The van der Waals surface area contributed by atoms with Crippen LogP contribution in [0.4, 0.5) is 0 Å². The number of fused-ring (bicyclic) bond motifs is 1. The van der Waals surface area contributed by atoms with Crippen LogP contribution in [0, 0.1) is 5.41 Å². The molecule has 40 heavy (non-hydrogen) atoms. The largest absolute Gasteiger partial charge is 0.466 e. The van der Waals surface area contributed by atoms with E-state index in [4.69, 9.17) is 20.9 Å². The number of aromatic nitrogens is 2. The molecule has 1 unspecified atom stereocenters. The average Bonchev–Trinajstić information content (AvgIpc) is 3.74. The van der Waals surface area contributed by atoms with Crippen molar-refractivity contribution in [2.45, 2.75) is 63.3 Å². The van der Waals surface area contributed by atoms with Crippen molar-refractivity contribution >= 4 is 41.2 Å². The third kappa shape index (κ3) is 5.61. The molecule has 10 heteroatoms. The maximum Gasteiger partial charge on any atom is 0.307 e. The number of piperidine rings is 1. The number of nitrogen functional groups attached to an aromatic ring is 1. The van der Waals surface area contributed by atoms with E-state index in [0.29, 0.717) is 41.9 Å². The van der Waals surface area contributed by atoms with Crippen LogP contribution in [0.1, 0.15) is 67.8 Å². The smallest absolute Gasteiger partial charge is 0.307 e. The summed E-state index contributed by atoms with van der Waals surface area (Å²) in [4.78, 5) is 45.9. The molecule has 5 rings (SSSR count). The molecule has 0 radical (unpaired) electrons. The Morgan fingerprint density at radius 3 is 2.52 bits per heavy atom. The van der Waals surface area contributed by atoms with Gasteiger partial charge in [-0.05, 0) is 62.3 Å². The monoisotopic (exact) mass is 565 g/mol. The van der Waals surface area contributed by atoms with Gasteiger partial charge in [0.15, 0.2) is 0 Å². The van der Waals surface area contributed by atoms with Crippen LogP contribution in [-0.2, 0) is 33.2 Å². The molecule has 0 spiro atoms. The van der Waals surface area contributed by atoms with Gasteiger partial charge in [-0.1, -0.05) is 30.3 Å². The van der Waals surface area contributed by atoms with Gasteiger partial charge in [0.2, 0.25) is 5.91 Å². The zero-order valence-corrected chi connectivity index (χ0v) is 23.8. The van der Waals surface area contributed by atoms with E-state index in [2.05, 4.69) is 0 Å². The first-order valence-corrected chi connectivity index (χ1v) is 13.6. The Bertz CT molecular complexity index is 1500. The molecule has 9 nitrogen and oxygen atoms in total. The number of esters is 1. The lowest BCUT2D eigenvalue weighted by Crippen LogP contribution is -2.49. The summed E-state index contributed by atoms with van der Waals surface area (Å²) in [5.74, 6) is -0.188. The van der Waals surface area contributed by atoms with Gasteiger partial charge in [-0.15, -0.1) is 12.4 Å². The van der Waals surface area contributed by atoms with Gasteiger partial charge in [0.1, 0.15) is 11.5 Å². The van der Waals surface area contributed by atoms with Crippen LogP contribution >= 0.6 is 12.4 Å². The van der Waals surface area contributed by atoms with Crippen molar-refractivity contribution in [3.05, 3.63) is 75.2 Å². The number of benzene rings is 2. The number of hydrogen-bond acceptors (Lipinski definition) is 6. The molecule has 1 aliphatic heterocycles. The molecular weight excluding hydrogens is 530 g/mol. The zero-order valence-electron chi connectivity index (χ0n) is 22.9. The highest BCUT2D eigenvalue weighted by molar-refractivity contribution is 5.95. The van der Waals surface area contributed by atoms with E-state index in [0.717, 1.165) is 43.2 Å². The lowest BCUT2D eigenvalue weighted by Gasteiger charge is -2.38. The molecule has 212 valence electrons. The summed E-state index contributed by atoms with van der Waals surface area (Å²) < 4.78 is 6.77. The average molecular weight is 566 g/mol. The van der Waals surface area contributed by atoms with Crippen molar-refractivity contribution in [1.29, 1.82) is 5.41 Å². The molecule has 1 aliphatic carbocycles. The van der Waals surface area contributed by atoms with Crippen LogP contribution in [0.25, 0.3) is 11.0 Å². The summed E-state index contributed by atoms with van der Waals surface area (Å²) in [5, 5.41) is 7.57. The Labute approximate surface area is 239 Å². The maximum atomic E-state index is 13.9. The highest BCUT2D eigenvalue weighted by atomic mass is 35.5. The van der Waals surface area contributed by atoms with Crippen LogP contribution in [0.15, 0.2) is 47.3 Å². The molecular formula is C30H36ClN5O4. The number of likely N-dealkylation sites (tertiary alicyclic amines) is 1. The first kappa shape index (κ1) is 29.3. The SMILES string of the molecule is CCOC(=O)CC1CCCCN1C(=O)C1(c2ccc3c(c2)nc(Cc2ccc(C(=N)N)cc2)c(=O)n3C)CC1.Cl. The molecule has 2 aromatic carbocycles. The van der Waals surface area contributed by atoms with E-state index < -0.39 is 5.41 Å². The van der Waals surface area contributed by atoms with Gasteiger partial charge in [0.05, 0.1) is 29.5 Å². The number of halogens is 1. The third-order valence-electron chi connectivity index (χ3n) is 8.09. The van der Waals surface area contributed by atoms with Crippen molar-refractivity contribution in [2.75, 3.05) is 13.2 Å². The minimum Gasteiger partial charge on any atom is -0.466 e. The summed E-state index contributed by atoms with van der Waals surface area (Å²) in [7, 11) is 1.74. The van der Waals surface area contributed by atoms with Crippen molar-refractivity contribution in [3.8, 4) is 0 Å². The summed E-state index contributed by atoms with van der Waals surface area (Å²) in [6.45, 7) is 2.78. The van der Waals surface area contributed by atoms with Gasteiger partial charge >= 0.3 is 5.97 Å². The Morgan fingerprint density at radius 2 is 1.88 bits per heavy atom. The quantitative estimate of drug-likeness (QED) is 0.244. The molecule has 1 aromatic heterocycles. The lowest BCUT2D eigenvalue weighted by molar-refractivity contribution is -0.147. The lowest BCUT2D eigenvalue weighted by atomic mass is 9.90. The molecule has 1 amide bonds. The van der Waals surface area contributed by atoms with E-state index >= 15 is 0 Å². The fraction of sp³-hybridized carbons (Fsp3) is 0.433. The second-order valence-electron chi connectivity index (χ2n) is 10.7. The molecule has 1 atom stereocenters. The van der Waals surface area contributed by atoms with Crippen LogP contribution in [-0.4, -0.2) is 51.4 Å². The molecule has 2 aliphatic rings. The molecule has 1 saturated carbocycles. The second kappa shape index (κ2) is 11.8.